The molecule has 2 aromatic carbocycles. The van der Waals surface area contributed by atoms with Gasteiger partial charge in [0.1, 0.15) is 11.4 Å². The third kappa shape index (κ3) is 2.73. The van der Waals surface area contributed by atoms with E-state index in [1.165, 1.54) is 4.31 Å². The molecule has 6 heteroatoms. The molecule has 1 atom stereocenters. The lowest BCUT2D eigenvalue weighted by atomic mass is 9.89. The summed E-state index contributed by atoms with van der Waals surface area (Å²) in [7, 11) is -3.61. The number of hydrogen-bond acceptors (Lipinski definition) is 4. The van der Waals surface area contributed by atoms with Crippen LogP contribution < -0.4 is 4.74 Å². The van der Waals surface area contributed by atoms with Crippen LogP contribution in [-0.2, 0) is 10.0 Å². The summed E-state index contributed by atoms with van der Waals surface area (Å²) in [5.74, 6) is 0.562. The molecular weight excluding hydrogens is 350 g/mol. The molecule has 1 fully saturated rings. The molecule has 4 rings (SSSR count). The molecule has 2 heterocycles. The molecule has 0 aliphatic carbocycles. The number of Topliss-reactive ketones (excluding diaryl/α,β-unsaturated/α-hetero) is 1. The molecule has 2 aromatic rings. The van der Waals surface area contributed by atoms with Gasteiger partial charge in [0.2, 0.25) is 10.0 Å². The van der Waals surface area contributed by atoms with Gasteiger partial charge in [-0.05, 0) is 49.2 Å². The number of aryl methyl sites for hydroxylation is 2. The van der Waals surface area contributed by atoms with Gasteiger partial charge in [-0.25, -0.2) is 8.42 Å². The van der Waals surface area contributed by atoms with Crippen molar-refractivity contribution in [2.45, 2.75) is 37.2 Å². The van der Waals surface area contributed by atoms with Gasteiger partial charge in [-0.15, -0.1) is 0 Å². The highest BCUT2D eigenvalue weighted by molar-refractivity contribution is 7.89. The predicted octanol–water partition coefficient (Wildman–Crippen LogP) is 3.10. The number of hydrogen-bond donors (Lipinski definition) is 0. The van der Waals surface area contributed by atoms with E-state index in [0.29, 0.717) is 29.2 Å². The molecule has 0 amide bonds. The lowest BCUT2D eigenvalue weighted by Crippen LogP contribution is -2.45. The van der Waals surface area contributed by atoms with Gasteiger partial charge in [0.15, 0.2) is 5.78 Å². The molecule has 26 heavy (non-hydrogen) atoms. The Morgan fingerprint density at radius 3 is 2.62 bits per heavy atom. The van der Waals surface area contributed by atoms with Gasteiger partial charge in [0.05, 0.1) is 23.4 Å². The highest BCUT2D eigenvalue weighted by Gasteiger charge is 2.48. The highest BCUT2D eigenvalue weighted by atomic mass is 32.2. The molecule has 2 aliphatic heterocycles. The zero-order chi connectivity index (χ0) is 18.5. The summed E-state index contributed by atoms with van der Waals surface area (Å²) in [4.78, 5) is 12.8. The SMILES string of the molecule is Cc1ccc(S(=O)(=O)N2CC[C@]3(CC(=O)c4ccccc4O3)C2)cc1C. The Labute approximate surface area is 153 Å². The van der Waals surface area contributed by atoms with Crippen molar-refractivity contribution in [1.29, 1.82) is 0 Å². The minimum atomic E-state index is -3.61. The Hall–Kier alpha value is -2.18. The molecule has 5 nitrogen and oxygen atoms in total. The number of benzene rings is 2. The van der Waals surface area contributed by atoms with E-state index < -0.39 is 15.6 Å². The summed E-state index contributed by atoms with van der Waals surface area (Å²) in [6.45, 7) is 4.40. The van der Waals surface area contributed by atoms with Crippen LogP contribution in [0, 0.1) is 13.8 Å². The number of carbonyl (C=O) groups excluding carboxylic acids is 1. The van der Waals surface area contributed by atoms with Crippen LogP contribution in [0.4, 0.5) is 0 Å². The maximum absolute atomic E-state index is 13.0. The summed E-state index contributed by atoms with van der Waals surface area (Å²) in [5, 5.41) is 0. The molecule has 0 radical (unpaired) electrons. The van der Waals surface area contributed by atoms with Crippen LogP contribution in [0.15, 0.2) is 47.4 Å². The van der Waals surface area contributed by atoms with E-state index in [0.717, 1.165) is 11.1 Å². The van der Waals surface area contributed by atoms with Crippen LogP contribution in [0.2, 0.25) is 0 Å². The van der Waals surface area contributed by atoms with E-state index in [2.05, 4.69) is 0 Å². The Morgan fingerprint density at radius 1 is 1.08 bits per heavy atom. The first-order chi connectivity index (χ1) is 12.3. The average molecular weight is 371 g/mol. The van der Waals surface area contributed by atoms with E-state index in [9.17, 15) is 13.2 Å². The van der Waals surface area contributed by atoms with Crippen LogP contribution in [0.25, 0.3) is 0 Å². The molecule has 0 bridgehead atoms. The molecule has 136 valence electrons. The quantitative estimate of drug-likeness (QED) is 0.814. The molecule has 1 spiro atoms. The third-order valence-electron chi connectivity index (χ3n) is 5.39. The Morgan fingerprint density at radius 2 is 1.85 bits per heavy atom. The fourth-order valence-electron chi connectivity index (χ4n) is 3.71. The largest absolute Gasteiger partial charge is 0.485 e. The summed E-state index contributed by atoms with van der Waals surface area (Å²) in [5.41, 5.74) is 1.81. The number of sulfonamides is 1. The van der Waals surface area contributed by atoms with Gasteiger partial charge in [0.25, 0.3) is 0 Å². The van der Waals surface area contributed by atoms with Crippen molar-refractivity contribution in [3.8, 4) is 5.75 Å². The van der Waals surface area contributed by atoms with E-state index in [4.69, 9.17) is 4.74 Å². The van der Waals surface area contributed by atoms with E-state index in [1.807, 2.05) is 32.0 Å². The topological polar surface area (TPSA) is 63.7 Å². The van der Waals surface area contributed by atoms with Gasteiger partial charge < -0.3 is 4.74 Å². The monoisotopic (exact) mass is 371 g/mol. The van der Waals surface area contributed by atoms with Crippen molar-refractivity contribution in [3.05, 3.63) is 59.2 Å². The molecule has 0 unspecified atom stereocenters. The van der Waals surface area contributed by atoms with Gasteiger partial charge >= 0.3 is 0 Å². The second-order valence-corrected chi connectivity index (χ2v) is 9.15. The summed E-state index contributed by atoms with van der Waals surface area (Å²) >= 11 is 0. The van der Waals surface area contributed by atoms with Crippen LogP contribution in [0.3, 0.4) is 0 Å². The third-order valence-corrected chi connectivity index (χ3v) is 7.24. The summed E-state index contributed by atoms with van der Waals surface area (Å²) in [6, 6.07) is 12.3. The first-order valence-electron chi connectivity index (χ1n) is 8.69. The molecule has 0 N–H and O–H groups in total. The zero-order valence-electron chi connectivity index (χ0n) is 14.9. The minimum absolute atomic E-state index is 0.0114. The molecule has 1 saturated heterocycles. The van der Waals surface area contributed by atoms with Crippen molar-refractivity contribution in [2.24, 2.45) is 0 Å². The predicted molar refractivity (Wildman–Crippen MR) is 98.0 cm³/mol. The van der Waals surface area contributed by atoms with Crippen molar-refractivity contribution >= 4 is 15.8 Å². The maximum Gasteiger partial charge on any atom is 0.243 e. The van der Waals surface area contributed by atoms with Crippen LogP contribution in [-0.4, -0.2) is 37.2 Å². The van der Waals surface area contributed by atoms with Crippen LogP contribution in [0.5, 0.6) is 5.75 Å². The second kappa shape index (κ2) is 5.93. The van der Waals surface area contributed by atoms with Gasteiger partial charge in [-0.2, -0.15) is 4.31 Å². The zero-order valence-corrected chi connectivity index (χ0v) is 15.7. The number of ketones is 1. The minimum Gasteiger partial charge on any atom is -0.485 e. The lowest BCUT2D eigenvalue weighted by molar-refractivity contribution is 0.0498. The molecular formula is C20H21NO4S. The Bertz CT molecular complexity index is 999. The molecule has 0 saturated carbocycles. The van der Waals surface area contributed by atoms with Gasteiger partial charge in [-0.1, -0.05) is 18.2 Å². The standard InChI is InChI=1S/C20H21NO4S/c1-14-7-8-16(11-15(14)2)26(23,24)21-10-9-20(13-21)12-18(22)17-5-3-4-6-19(17)25-20/h3-8,11H,9-10,12-13H2,1-2H3/t20-/m0/s1. The van der Waals surface area contributed by atoms with Crippen molar-refractivity contribution < 1.29 is 17.9 Å². The van der Waals surface area contributed by atoms with Crippen LogP contribution >= 0.6 is 0 Å². The fourth-order valence-corrected chi connectivity index (χ4v) is 5.31. The van der Waals surface area contributed by atoms with Crippen LogP contribution in [0.1, 0.15) is 34.3 Å². The summed E-state index contributed by atoms with van der Waals surface area (Å²) in [6.07, 6.45) is 0.722. The fraction of sp³-hybridized carbons (Fsp3) is 0.350. The number of carbonyl (C=O) groups is 1. The first-order valence-corrected chi connectivity index (χ1v) is 10.1. The van der Waals surface area contributed by atoms with E-state index in [-0.39, 0.29) is 18.7 Å². The Kier molecular flexibility index (Phi) is 3.93. The average Bonchev–Trinajstić information content (AvgIpc) is 3.01. The first kappa shape index (κ1) is 17.2. The number of para-hydroxylation sites is 1. The van der Waals surface area contributed by atoms with Crippen molar-refractivity contribution in [3.63, 3.8) is 0 Å². The normalized spacial score (nSPS) is 23.1. The highest BCUT2D eigenvalue weighted by Crippen LogP contribution is 2.40. The number of ether oxygens (including phenoxy) is 1. The van der Waals surface area contributed by atoms with E-state index in [1.54, 1.807) is 24.3 Å². The molecule has 0 aromatic heterocycles. The molecule has 2 aliphatic rings. The maximum atomic E-state index is 13.0. The van der Waals surface area contributed by atoms with E-state index >= 15 is 0 Å². The Balaban J connectivity index is 1.62. The van der Waals surface area contributed by atoms with Gasteiger partial charge in [0, 0.05) is 13.0 Å². The lowest BCUT2D eigenvalue weighted by Gasteiger charge is -2.34. The number of fused-ring (bicyclic) bond motifs is 1. The second-order valence-electron chi connectivity index (χ2n) is 7.22. The van der Waals surface area contributed by atoms with Crippen molar-refractivity contribution in [1.82, 2.24) is 4.31 Å². The van der Waals surface area contributed by atoms with Crippen molar-refractivity contribution in [2.75, 3.05) is 13.1 Å². The van der Waals surface area contributed by atoms with Gasteiger partial charge in [-0.3, -0.25) is 4.79 Å². The summed E-state index contributed by atoms with van der Waals surface area (Å²) < 4.78 is 33.6. The number of rotatable bonds is 2. The smallest absolute Gasteiger partial charge is 0.243 e. The number of nitrogens with zero attached hydrogens (tertiary/aromatic N) is 1.